The summed E-state index contributed by atoms with van der Waals surface area (Å²) in [4.78, 5) is 11.3. The highest BCUT2D eigenvalue weighted by molar-refractivity contribution is 5.67. The third kappa shape index (κ3) is 7.30. The molecule has 0 saturated heterocycles. The lowest BCUT2D eigenvalue weighted by atomic mass is 10.2. The molecule has 1 aliphatic rings. The maximum absolute atomic E-state index is 13.5. The van der Waals surface area contributed by atoms with Gasteiger partial charge in [-0.3, -0.25) is 0 Å². The number of alkyl carbamates (subject to hydrolysis) is 1. The number of halogens is 2. The Balaban J connectivity index is 2.23. The summed E-state index contributed by atoms with van der Waals surface area (Å²) >= 11 is 0. The molecule has 19 heavy (non-hydrogen) atoms. The minimum Gasteiger partial charge on any atom is -0.444 e. The van der Waals surface area contributed by atoms with E-state index in [0.29, 0.717) is 5.92 Å². The van der Waals surface area contributed by atoms with E-state index in [4.69, 9.17) is 4.74 Å². The summed E-state index contributed by atoms with van der Waals surface area (Å²) in [6.45, 7) is 5.82. The molecule has 0 bridgehead atoms. The van der Waals surface area contributed by atoms with Gasteiger partial charge in [-0.1, -0.05) is 0 Å². The lowest BCUT2D eigenvalue weighted by molar-refractivity contribution is -0.00563. The lowest BCUT2D eigenvalue weighted by Crippen LogP contribution is -2.46. The molecule has 0 aromatic carbocycles. The quantitative estimate of drug-likeness (QED) is 0.785. The SMILES string of the molecule is CC(NCC(F)(F)CNC(=O)OC(C)(C)C)C1CC1. The van der Waals surface area contributed by atoms with Crippen LogP contribution in [0.1, 0.15) is 40.5 Å². The van der Waals surface area contributed by atoms with Gasteiger partial charge in [-0.25, -0.2) is 13.6 Å². The van der Waals surface area contributed by atoms with E-state index in [1.54, 1.807) is 20.8 Å². The van der Waals surface area contributed by atoms with Crippen LogP contribution in [0.3, 0.4) is 0 Å². The molecule has 1 unspecified atom stereocenters. The summed E-state index contributed by atoms with van der Waals surface area (Å²) in [5, 5.41) is 4.91. The second-order valence-corrected chi connectivity index (χ2v) is 6.22. The number of ether oxygens (including phenoxy) is 1. The molecule has 1 atom stereocenters. The van der Waals surface area contributed by atoms with Gasteiger partial charge < -0.3 is 15.4 Å². The molecule has 0 radical (unpaired) electrons. The Kier molecular flexibility index (Phi) is 5.12. The number of amides is 1. The van der Waals surface area contributed by atoms with E-state index in [1.165, 1.54) is 0 Å². The first kappa shape index (κ1) is 16.1. The van der Waals surface area contributed by atoms with Gasteiger partial charge in [0.1, 0.15) is 5.60 Å². The first-order valence-corrected chi connectivity index (χ1v) is 6.67. The average molecular weight is 278 g/mol. The van der Waals surface area contributed by atoms with E-state index in [9.17, 15) is 13.6 Å². The molecule has 0 aliphatic heterocycles. The Labute approximate surface area is 113 Å². The van der Waals surface area contributed by atoms with Crippen LogP contribution >= 0.6 is 0 Å². The van der Waals surface area contributed by atoms with E-state index in [-0.39, 0.29) is 6.04 Å². The van der Waals surface area contributed by atoms with Crippen molar-refractivity contribution in [3.63, 3.8) is 0 Å². The zero-order valence-corrected chi connectivity index (χ0v) is 12.1. The van der Waals surface area contributed by atoms with Gasteiger partial charge in [0.2, 0.25) is 0 Å². The van der Waals surface area contributed by atoms with E-state index in [2.05, 4.69) is 10.6 Å². The second-order valence-electron chi connectivity index (χ2n) is 6.22. The fraction of sp³-hybridized carbons (Fsp3) is 0.923. The summed E-state index contributed by atoms with van der Waals surface area (Å²) in [5.74, 6) is -2.45. The minimum absolute atomic E-state index is 0.104. The molecule has 0 aromatic heterocycles. The normalized spacial score (nSPS) is 18.0. The van der Waals surface area contributed by atoms with Crippen LogP contribution in [0.2, 0.25) is 0 Å². The van der Waals surface area contributed by atoms with Gasteiger partial charge in [-0.05, 0) is 46.5 Å². The maximum atomic E-state index is 13.5. The van der Waals surface area contributed by atoms with Gasteiger partial charge in [0, 0.05) is 6.04 Å². The molecule has 1 aliphatic carbocycles. The van der Waals surface area contributed by atoms with E-state index < -0.39 is 30.7 Å². The number of carbonyl (C=O) groups excluding carboxylic acids is 1. The maximum Gasteiger partial charge on any atom is 0.407 e. The fourth-order valence-electron chi connectivity index (χ4n) is 1.65. The van der Waals surface area contributed by atoms with Crippen LogP contribution in [-0.2, 0) is 4.74 Å². The first-order valence-electron chi connectivity index (χ1n) is 6.67. The molecule has 0 aromatic rings. The predicted molar refractivity (Wildman–Crippen MR) is 69.4 cm³/mol. The summed E-state index contributed by atoms with van der Waals surface area (Å²) in [5.41, 5.74) is -0.682. The molecule has 1 rings (SSSR count). The highest BCUT2D eigenvalue weighted by Gasteiger charge is 2.33. The Morgan fingerprint density at radius 1 is 1.32 bits per heavy atom. The van der Waals surface area contributed by atoms with Crippen LogP contribution in [0.15, 0.2) is 0 Å². The largest absolute Gasteiger partial charge is 0.444 e. The van der Waals surface area contributed by atoms with Crippen molar-refractivity contribution < 1.29 is 18.3 Å². The monoisotopic (exact) mass is 278 g/mol. The molecule has 1 amide bonds. The van der Waals surface area contributed by atoms with E-state index in [1.807, 2.05) is 6.92 Å². The van der Waals surface area contributed by atoms with Crippen molar-refractivity contribution >= 4 is 6.09 Å². The van der Waals surface area contributed by atoms with Crippen LogP contribution in [0, 0.1) is 5.92 Å². The van der Waals surface area contributed by atoms with Crippen molar-refractivity contribution in [2.24, 2.45) is 5.92 Å². The van der Waals surface area contributed by atoms with Crippen molar-refractivity contribution in [2.45, 2.75) is 58.1 Å². The number of nitrogens with one attached hydrogen (secondary N) is 2. The molecular formula is C13H24F2N2O2. The average Bonchev–Trinajstić information content (AvgIpc) is 3.05. The summed E-state index contributed by atoms with van der Waals surface area (Å²) < 4.78 is 32.0. The second kappa shape index (κ2) is 6.03. The van der Waals surface area contributed by atoms with Gasteiger partial charge in [0.15, 0.2) is 0 Å². The molecule has 1 fully saturated rings. The van der Waals surface area contributed by atoms with E-state index >= 15 is 0 Å². The number of alkyl halides is 2. The lowest BCUT2D eigenvalue weighted by Gasteiger charge is -2.23. The molecule has 0 heterocycles. The van der Waals surface area contributed by atoms with Crippen LogP contribution in [0.25, 0.3) is 0 Å². The topological polar surface area (TPSA) is 50.4 Å². The number of hydrogen-bond donors (Lipinski definition) is 2. The van der Waals surface area contributed by atoms with Crippen LogP contribution < -0.4 is 10.6 Å². The van der Waals surface area contributed by atoms with Gasteiger partial charge in [-0.15, -0.1) is 0 Å². The van der Waals surface area contributed by atoms with Crippen molar-refractivity contribution in [1.29, 1.82) is 0 Å². The third-order valence-corrected chi connectivity index (χ3v) is 2.90. The Morgan fingerprint density at radius 3 is 2.37 bits per heavy atom. The first-order chi connectivity index (χ1) is 8.59. The van der Waals surface area contributed by atoms with Crippen LogP contribution in [-0.4, -0.2) is 36.7 Å². The van der Waals surface area contributed by atoms with E-state index in [0.717, 1.165) is 12.8 Å². The number of hydrogen-bond acceptors (Lipinski definition) is 3. The molecule has 6 heteroatoms. The molecule has 2 N–H and O–H groups in total. The van der Waals surface area contributed by atoms with Crippen molar-refractivity contribution in [3.8, 4) is 0 Å². The Hall–Kier alpha value is -0.910. The minimum atomic E-state index is -2.97. The Bertz CT molecular complexity index is 312. The summed E-state index contributed by atoms with van der Waals surface area (Å²) in [6.07, 6.45) is 1.40. The van der Waals surface area contributed by atoms with Gasteiger partial charge in [-0.2, -0.15) is 0 Å². The van der Waals surface area contributed by atoms with Crippen molar-refractivity contribution in [1.82, 2.24) is 10.6 Å². The number of carbonyl (C=O) groups is 1. The van der Waals surface area contributed by atoms with Crippen LogP contribution in [0.5, 0.6) is 0 Å². The highest BCUT2D eigenvalue weighted by Crippen LogP contribution is 2.32. The standard InChI is InChI=1S/C13H24F2N2O2/c1-9(10-5-6-10)16-7-13(14,15)8-17-11(18)19-12(2,3)4/h9-10,16H,5-8H2,1-4H3,(H,17,18). The van der Waals surface area contributed by atoms with Gasteiger partial charge in [0.05, 0.1) is 13.1 Å². The summed E-state index contributed by atoms with van der Waals surface area (Å²) in [7, 11) is 0. The number of rotatable bonds is 6. The molecule has 1 saturated carbocycles. The summed E-state index contributed by atoms with van der Waals surface area (Å²) in [6, 6.07) is 0.104. The molecular weight excluding hydrogens is 254 g/mol. The predicted octanol–water partition coefficient (Wildman–Crippen LogP) is 2.53. The molecule has 0 spiro atoms. The van der Waals surface area contributed by atoms with Crippen molar-refractivity contribution in [3.05, 3.63) is 0 Å². The smallest absolute Gasteiger partial charge is 0.407 e. The van der Waals surface area contributed by atoms with Gasteiger partial charge >= 0.3 is 6.09 Å². The Morgan fingerprint density at radius 2 is 1.89 bits per heavy atom. The highest BCUT2D eigenvalue weighted by atomic mass is 19.3. The van der Waals surface area contributed by atoms with Crippen molar-refractivity contribution in [2.75, 3.05) is 13.1 Å². The molecule has 4 nitrogen and oxygen atoms in total. The van der Waals surface area contributed by atoms with Gasteiger partial charge in [0.25, 0.3) is 5.92 Å². The zero-order valence-electron chi connectivity index (χ0n) is 12.1. The fourth-order valence-corrected chi connectivity index (χ4v) is 1.65. The van der Waals surface area contributed by atoms with Crippen LogP contribution in [0.4, 0.5) is 13.6 Å². The zero-order chi connectivity index (χ0) is 14.7. The molecule has 112 valence electrons. The third-order valence-electron chi connectivity index (χ3n) is 2.90.